The first-order valence-electron chi connectivity index (χ1n) is 7.11. The van der Waals surface area contributed by atoms with Crippen molar-refractivity contribution >= 4 is 29.2 Å². The minimum absolute atomic E-state index is 0.0998. The van der Waals surface area contributed by atoms with Crippen molar-refractivity contribution in [3.63, 3.8) is 0 Å². The molecule has 1 aliphatic rings. The van der Waals surface area contributed by atoms with Crippen LogP contribution in [0.2, 0.25) is 5.02 Å². The van der Waals surface area contributed by atoms with Gasteiger partial charge in [0.1, 0.15) is 11.4 Å². The number of hydroxylamine groups is 2. The SMILES string of the molecule is C=CC(=O)ON(C(=O)c1cc(F)c(Cl)cc1[N+](=O)[O-])C1CC1CC. The van der Waals surface area contributed by atoms with Gasteiger partial charge < -0.3 is 4.84 Å². The Morgan fingerprint density at radius 2 is 2.25 bits per heavy atom. The van der Waals surface area contributed by atoms with E-state index in [1.807, 2.05) is 6.92 Å². The maximum absolute atomic E-state index is 13.7. The molecule has 0 spiro atoms. The van der Waals surface area contributed by atoms with Gasteiger partial charge in [-0.25, -0.2) is 9.18 Å². The van der Waals surface area contributed by atoms with Crippen LogP contribution in [0, 0.1) is 21.8 Å². The van der Waals surface area contributed by atoms with E-state index in [1.54, 1.807) is 0 Å². The fourth-order valence-corrected chi connectivity index (χ4v) is 2.49. The predicted molar refractivity (Wildman–Crippen MR) is 82.7 cm³/mol. The molecule has 1 aromatic rings. The first kappa shape index (κ1) is 17.9. The number of carbonyl (C=O) groups excluding carboxylic acids is 2. The number of carbonyl (C=O) groups is 2. The Morgan fingerprint density at radius 3 is 2.75 bits per heavy atom. The molecule has 2 unspecified atom stereocenters. The second-order valence-corrected chi connectivity index (χ2v) is 5.66. The van der Waals surface area contributed by atoms with E-state index >= 15 is 0 Å². The molecule has 7 nitrogen and oxygen atoms in total. The molecule has 0 saturated heterocycles. The molecule has 0 N–H and O–H groups in total. The average Bonchev–Trinajstić information content (AvgIpc) is 3.33. The van der Waals surface area contributed by atoms with Crippen molar-refractivity contribution in [2.45, 2.75) is 25.8 Å². The Kier molecular flexibility index (Phi) is 5.18. The quantitative estimate of drug-likeness (QED) is 0.459. The van der Waals surface area contributed by atoms with Crippen molar-refractivity contribution < 1.29 is 23.7 Å². The van der Waals surface area contributed by atoms with Crippen LogP contribution in [-0.4, -0.2) is 27.9 Å². The standard InChI is InChI=1S/C15H14ClFN2O5/c1-3-8-5-12(8)18(24-14(20)4-2)15(21)9-6-11(17)10(16)7-13(9)19(22)23/h4,6-8,12H,2-3,5H2,1H3. The van der Waals surface area contributed by atoms with Crippen molar-refractivity contribution in [1.29, 1.82) is 0 Å². The molecule has 24 heavy (non-hydrogen) atoms. The Hall–Kier alpha value is -2.48. The number of hydrogen-bond acceptors (Lipinski definition) is 5. The molecule has 128 valence electrons. The molecule has 1 aliphatic carbocycles. The third-order valence-corrected chi connectivity index (χ3v) is 4.02. The Bertz CT molecular complexity index is 724. The molecule has 1 amide bonds. The van der Waals surface area contributed by atoms with Crippen molar-refractivity contribution in [2.24, 2.45) is 5.92 Å². The van der Waals surface area contributed by atoms with Gasteiger partial charge in [0.05, 0.1) is 16.0 Å². The van der Waals surface area contributed by atoms with Crippen LogP contribution in [0.3, 0.4) is 0 Å². The second-order valence-electron chi connectivity index (χ2n) is 5.26. The van der Waals surface area contributed by atoms with E-state index in [9.17, 15) is 24.1 Å². The number of hydrogen-bond donors (Lipinski definition) is 0. The van der Waals surface area contributed by atoms with Crippen molar-refractivity contribution in [3.05, 3.63) is 51.3 Å². The summed E-state index contributed by atoms with van der Waals surface area (Å²) in [5.74, 6) is -2.75. The van der Waals surface area contributed by atoms with Gasteiger partial charge in [-0.1, -0.05) is 31.5 Å². The van der Waals surface area contributed by atoms with Crippen LogP contribution in [0.4, 0.5) is 10.1 Å². The van der Waals surface area contributed by atoms with Gasteiger partial charge in [-0.15, -0.1) is 0 Å². The third-order valence-electron chi connectivity index (χ3n) is 3.73. The summed E-state index contributed by atoms with van der Waals surface area (Å²) >= 11 is 5.54. The van der Waals surface area contributed by atoms with E-state index in [0.29, 0.717) is 12.5 Å². The van der Waals surface area contributed by atoms with E-state index in [0.717, 1.165) is 23.6 Å². The largest absolute Gasteiger partial charge is 0.355 e. The van der Waals surface area contributed by atoms with E-state index in [1.165, 1.54) is 0 Å². The zero-order valence-electron chi connectivity index (χ0n) is 12.7. The summed E-state index contributed by atoms with van der Waals surface area (Å²) in [5.41, 5.74) is -1.21. The van der Waals surface area contributed by atoms with E-state index in [2.05, 4.69) is 6.58 Å². The molecule has 0 aromatic heterocycles. The Balaban J connectivity index is 2.42. The van der Waals surface area contributed by atoms with Crippen molar-refractivity contribution in [3.8, 4) is 0 Å². The molecule has 1 fully saturated rings. The van der Waals surface area contributed by atoms with Gasteiger partial charge in [-0.2, -0.15) is 5.06 Å². The molecule has 9 heteroatoms. The monoisotopic (exact) mass is 356 g/mol. The highest BCUT2D eigenvalue weighted by molar-refractivity contribution is 6.31. The van der Waals surface area contributed by atoms with Gasteiger partial charge in [0.2, 0.25) is 0 Å². The maximum Gasteiger partial charge on any atom is 0.355 e. The predicted octanol–water partition coefficient (Wildman–Crippen LogP) is 3.27. The molecule has 1 aromatic carbocycles. The minimum atomic E-state index is -0.983. The highest BCUT2D eigenvalue weighted by Crippen LogP contribution is 2.40. The number of halogens is 2. The molecular formula is C15H14ClFN2O5. The number of rotatable bonds is 5. The van der Waals surface area contributed by atoms with Crippen LogP contribution in [0.1, 0.15) is 30.1 Å². The lowest BCUT2D eigenvalue weighted by Gasteiger charge is -2.21. The lowest BCUT2D eigenvalue weighted by molar-refractivity contribution is -0.385. The molecule has 0 radical (unpaired) electrons. The summed E-state index contributed by atoms with van der Waals surface area (Å²) in [5, 5.41) is 11.4. The number of nitro benzene ring substituents is 1. The zero-order valence-corrected chi connectivity index (χ0v) is 13.5. The fraction of sp³-hybridized carbons (Fsp3) is 0.333. The fourth-order valence-electron chi connectivity index (χ4n) is 2.33. The summed E-state index contributed by atoms with van der Waals surface area (Å²) in [6.07, 6.45) is 2.17. The van der Waals surface area contributed by atoms with Gasteiger partial charge >= 0.3 is 5.97 Å². The minimum Gasteiger partial charge on any atom is -0.333 e. The topological polar surface area (TPSA) is 89.8 Å². The van der Waals surface area contributed by atoms with Crippen molar-refractivity contribution in [2.75, 3.05) is 0 Å². The zero-order chi connectivity index (χ0) is 18.0. The molecule has 0 aliphatic heterocycles. The first-order chi connectivity index (χ1) is 11.3. The summed E-state index contributed by atoms with van der Waals surface area (Å²) in [4.78, 5) is 39.3. The lowest BCUT2D eigenvalue weighted by Crippen LogP contribution is -2.36. The van der Waals surface area contributed by atoms with Crippen LogP contribution in [0.25, 0.3) is 0 Å². The van der Waals surface area contributed by atoms with E-state index in [-0.39, 0.29) is 5.92 Å². The molecule has 1 saturated carbocycles. The summed E-state index contributed by atoms with van der Waals surface area (Å²) in [7, 11) is 0. The number of nitro groups is 1. The number of benzene rings is 1. The normalized spacial score (nSPS) is 18.6. The first-order valence-corrected chi connectivity index (χ1v) is 7.49. The van der Waals surface area contributed by atoms with Crippen LogP contribution < -0.4 is 0 Å². The third kappa shape index (κ3) is 3.53. The van der Waals surface area contributed by atoms with Crippen molar-refractivity contribution in [1.82, 2.24) is 5.06 Å². The number of amides is 1. The smallest absolute Gasteiger partial charge is 0.333 e. The van der Waals surface area contributed by atoms with Gasteiger partial charge in [0.25, 0.3) is 11.6 Å². The molecule has 2 atom stereocenters. The van der Waals surface area contributed by atoms with Crippen LogP contribution in [0.5, 0.6) is 0 Å². The van der Waals surface area contributed by atoms with E-state index in [4.69, 9.17) is 16.4 Å². The molecule has 0 bridgehead atoms. The molecular weight excluding hydrogens is 343 g/mol. The van der Waals surface area contributed by atoms with Gasteiger partial charge in [-0.3, -0.25) is 14.9 Å². The van der Waals surface area contributed by atoms with Gasteiger partial charge in [0, 0.05) is 12.1 Å². The Morgan fingerprint density at radius 1 is 1.58 bits per heavy atom. The highest BCUT2D eigenvalue weighted by Gasteiger charge is 2.46. The summed E-state index contributed by atoms with van der Waals surface area (Å²) < 4.78 is 13.7. The molecule has 0 heterocycles. The lowest BCUT2D eigenvalue weighted by atomic mass is 10.1. The van der Waals surface area contributed by atoms with Crippen LogP contribution >= 0.6 is 11.6 Å². The number of nitrogens with zero attached hydrogens (tertiary/aromatic N) is 2. The molecule has 2 rings (SSSR count). The van der Waals surface area contributed by atoms with Gasteiger partial charge in [-0.05, 0) is 18.4 Å². The van der Waals surface area contributed by atoms with Crippen LogP contribution in [-0.2, 0) is 9.63 Å². The second kappa shape index (κ2) is 6.96. The highest BCUT2D eigenvalue weighted by atomic mass is 35.5. The van der Waals surface area contributed by atoms with Gasteiger partial charge in [0.15, 0.2) is 0 Å². The van der Waals surface area contributed by atoms with E-state index < -0.39 is 44.9 Å². The maximum atomic E-state index is 13.7. The summed E-state index contributed by atoms with van der Waals surface area (Å²) in [6, 6.07) is 1.01. The summed E-state index contributed by atoms with van der Waals surface area (Å²) in [6.45, 7) is 5.13. The Labute approximate surface area is 141 Å². The average molecular weight is 357 g/mol. The van der Waals surface area contributed by atoms with Crippen LogP contribution in [0.15, 0.2) is 24.8 Å².